The third-order valence-electron chi connectivity index (χ3n) is 5.14. The highest BCUT2D eigenvalue weighted by atomic mass is 16.1. The molecule has 0 spiro atoms. The van der Waals surface area contributed by atoms with Crippen molar-refractivity contribution < 1.29 is 4.79 Å². The first-order valence-corrected chi connectivity index (χ1v) is 9.45. The van der Waals surface area contributed by atoms with Crippen LogP contribution < -0.4 is 10.2 Å². The minimum absolute atomic E-state index is 0.0265. The number of piperidine rings is 1. The Morgan fingerprint density at radius 1 is 0.963 bits per heavy atom. The SMILES string of the molecule is Cc1cc(C)nc(N2CCC(C(=O)Nc3ccc4ccccc4c3)CC2)n1. The molecule has 0 saturated carbocycles. The van der Waals surface area contributed by atoms with E-state index in [-0.39, 0.29) is 11.8 Å². The minimum Gasteiger partial charge on any atom is -0.341 e. The van der Waals surface area contributed by atoms with Crippen LogP contribution in [-0.4, -0.2) is 29.0 Å². The molecule has 3 aromatic rings. The van der Waals surface area contributed by atoms with E-state index >= 15 is 0 Å². The fourth-order valence-corrected chi connectivity index (χ4v) is 3.70. The molecule has 2 heterocycles. The maximum absolute atomic E-state index is 12.7. The van der Waals surface area contributed by atoms with Gasteiger partial charge >= 0.3 is 0 Å². The van der Waals surface area contributed by atoms with E-state index in [1.807, 2.05) is 50.2 Å². The fourth-order valence-electron chi connectivity index (χ4n) is 3.70. The first-order chi connectivity index (χ1) is 13.1. The zero-order valence-electron chi connectivity index (χ0n) is 15.8. The Balaban J connectivity index is 1.39. The fraction of sp³-hybridized carbons (Fsp3) is 0.318. The van der Waals surface area contributed by atoms with Crippen LogP contribution in [0.1, 0.15) is 24.2 Å². The number of carbonyl (C=O) groups excluding carboxylic acids is 1. The third kappa shape index (κ3) is 3.92. The summed E-state index contributed by atoms with van der Waals surface area (Å²) in [4.78, 5) is 24.0. The molecule has 1 aliphatic rings. The van der Waals surface area contributed by atoms with Gasteiger partial charge < -0.3 is 10.2 Å². The Kier molecular flexibility index (Phi) is 4.75. The zero-order chi connectivity index (χ0) is 18.8. The van der Waals surface area contributed by atoms with Crippen molar-refractivity contribution in [1.82, 2.24) is 9.97 Å². The number of rotatable bonds is 3. The molecular weight excluding hydrogens is 336 g/mol. The van der Waals surface area contributed by atoms with Crippen LogP contribution in [0.3, 0.4) is 0 Å². The molecule has 2 aromatic carbocycles. The van der Waals surface area contributed by atoms with Gasteiger partial charge in [0, 0.05) is 36.1 Å². The topological polar surface area (TPSA) is 58.1 Å². The molecule has 1 N–H and O–H groups in total. The molecule has 27 heavy (non-hydrogen) atoms. The van der Waals surface area contributed by atoms with Gasteiger partial charge in [0.15, 0.2) is 0 Å². The van der Waals surface area contributed by atoms with Gasteiger partial charge in [-0.2, -0.15) is 0 Å². The van der Waals surface area contributed by atoms with Crippen LogP contribution in [0, 0.1) is 19.8 Å². The molecule has 1 fully saturated rings. The molecule has 4 rings (SSSR count). The Hall–Kier alpha value is -2.95. The van der Waals surface area contributed by atoms with E-state index in [9.17, 15) is 4.79 Å². The van der Waals surface area contributed by atoms with E-state index < -0.39 is 0 Å². The molecule has 0 unspecified atom stereocenters. The van der Waals surface area contributed by atoms with Crippen molar-refractivity contribution in [2.24, 2.45) is 5.92 Å². The largest absolute Gasteiger partial charge is 0.341 e. The lowest BCUT2D eigenvalue weighted by Crippen LogP contribution is -2.39. The normalized spacial score (nSPS) is 15.1. The van der Waals surface area contributed by atoms with Crippen LogP contribution in [0.2, 0.25) is 0 Å². The summed E-state index contributed by atoms with van der Waals surface area (Å²) < 4.78 is 0. The van der Waals surface area contributed by atoms with Crippen LogP contribution in [0.15, 0.2) is 48.5 Å². The predicted octanol–water partition coefficient (Wildman–Crippen LogP) is 4.10. The van der Waals surface area contributed by atoms with Crippen LogP contribution in [0.5, 0.6) is 0 Å². The number of benzene rings is 2. The lowest BCUT2D eigenvalue weighted by atomic mass is 9.96. The number of aryl methyl sites for hydroxylation is 2. The molecule has 0 bridgehead atoms. The lowest BCUT2D eigenvalue weighted by Gasteiger charge is -2.31. The van der Waals surface area contributed by atoms with Crippen LogP contribution in [0.25, 0.3) is 10.8 Å². The van der Waals surface area contributed by atoms with Crippen molar-refractivity contribution in [3.63, 3.8) is 0 Å². The minimum atomic E-state index is 0.0265. The highest BCUT2D eigenvalue weighted by molar-refractivity contribution is 5.95. The number of aromatic nitrogens is 2. The van der Waals surface area contributed by atoms with Crippen molar-refractivity contribution in [3.05, 3.63) is 59.9 Å². The van der Waals surface area contributed by atoms with Gasteiger partial charge in [-0.3, -0.25) is 4.79 Å². The molecule has 1 aromatic heterocycles. The average molecular weight is 360 g/mol. The number of hydrogen-bond donors (Lipinski definition) is 1. The predicted molar refractivity (Wildman–Crippen MR) is 109 cm³/mol. The van der Waals surface area contributed by atoms with E-state index in [4.69, 9.17) is 0 Å². The first-order valence-electron chi connectivity index (χ1n) is 9.45. The molecular formula is C22H24N4O. The second-order valence-electron chi connectivity index (χ2n) is 7.26. The quantitative estimate of drug-likeness (QED) is 0.764. The van der Waals surface area contributed by atoms with E-state index in [2.05, 4.69) is 32.3 Å². The third-order valence-corrected chi connectivity index (χ3v) is 5.14. The highest BCUT2D eigenvalue weighted by Gasteiger charge is 2.26. The van der Waals surface area contributed by atoms with E-state index in [1.165, 1.54) is 5.39 Å². The molecule has 0 atom stereocenters. The zero-order valence-corrected chi connectivity index (χ0v) is 15.8. The number of amides is 1. The van der Waals surface area contributed by atoms with Gasteiger partial charge in [0.05, 0.1) is 0 Å². The Morgan fingerprint density at radius 2 is 1.63 bits per heavy atom. The van der Waals surface area contributed by atoms with Gasteiger partial charge in [0.2, 0.25) is 11.9 Å². The van der Waals surface area contributed by atoms with Crippen molar-refractivity contribution >= 4 is 28.3 Å². The summed E-state index contributed by atoms with van der Waals surface area (Å²) in [5.41, 5.74) is 2.82. The number of fused-ring (bicyclic) bond motifs is 1. The standard InChI is InChI=1S/C22H24N4O/c1-15-13-16(2)24-22(23-15)26-11-9-18(10-12-26)21(27)25-20-8-7-17-5-3-4-6-19(17)14-20/h3-8,13-14,18H,9-12H2,1-2H3,(H,25,27). The second-order valence-corrected chi connectivity index (χ2v) is 7.26. The molecule has 5 nitrogen and oxygen atoms in total. The van der Waals surface area contributed by atoms with Crippen molar-refractivity contribution in [2.75, 3.05) is 23.3 Å². The van der Waals surface area contributed by atoms with Crippen LogP contribution in [0.4, 0.5) is 11.6 Å². The smallest absolute Gasteiger partial charge is 0.227 e. The second kappa shape index (κ2) is 7.35. The van der Waals surface area contributed by atoms with Gasteiger partial charge in [0.25, 0.3) is 0 Å². The lowest BCUT2D eigenvalue weighted by molar-refractivity contribution is -0.120. The number of anilines is 2. The monoisotopic (exact) mass is 360 g/mol. The van der Waals surface area contributed by atoms with Gasteiger partial charge in [0.1, 0.15) is 0 Å². The summed E-state index contributed by atoms with van der Waals surface area (Å²) >= 11 is 0. The summed E-state index contributed by atoms with van der Waals surface area (Å²) in [6, 6.07) is 16.2. The van der Waals surface area contributed by atoms with Crippen molar-refractivity contribution in [2.45, 2.75) is 26.7 Å². The Bertz CT molecular complexity index is 957. The molecule has 5 heteroatoms. The summed E-state index contributed by atoms with van der Waals surface area (Å²) in [6.07, 6.45) is 1.63. The Morgan fingerprint density at radius 3 is 2.33 bits per heavy atom. The average Bonchev–Trinajstić information content (AvgIpc) is 2.67. The number of hydrogen-bond acceptors (Lipinski definition) is 4. The van der Waals surface area contributed by atoms with Crippen LogP contribution >= 0.6 is 0 Å². The number of nitrogens with zero attached hydrogens (tertiary/aromatic N) is 3. The van der Waals surface area contributed by atoms with Crippen molar-refractivity contribution in [3.8, 4) is 0 Å². The molecule has 0 aliphatic carbocycles. The summed E-state index contributed by atoms with van der Waals surface area (Å²) in [5.74, 6) is 0.908. The number of carbonyl (C=O) groups is 1. The van der Waals surface area contributed by atoms with Gasteiger partial charge in [-0.25, -0.2) is 9.97 Å². The first kappa shape index (κ1) is 17.5. The molecule has 1 aliphatic heterocycles. The van der Waals surface area contributed by atoms with Gasteiger partial charge in [-0.05, 0) is 55.7 Å². The molecule has 1 saturated heterocycles. The number of nitrogens with one attached hydrogen (secondary N) is 1. The Labute approximate surface area is 159 Å². The highest BCUT2D eigenvalue weighted by Crippen LogP contribution is 2.24. The van der Waals surface area contributed by atoms with E-state index in [0.717, 1.165) is 54.3 Å². The maximum Gasteiger partial charge on any atom is 0.227 e. The van der Waals surface area contributed by atoms with Gasteiger partial charge in [-0.1, -0.05) is 30.3 Å². The molecule has 0 radical (unpaired) electrons. The van der Waals surface area contributed by atoms with E-state index in [0.29, 0.717) is 0 Å². The molecule has 1 amide bonds. The summed E-state index contributed by atoms with van der Waals surface area (Å²) in [7, 11) is 0. The molecule has 138 valence electrons. The maximum atomic E-state index is 12.7. The summed E-state index contributed by atoms with van der Waals surface area (Å²) in [6.45, 7) is 5.58. The van der Waals surface area contributed by atoms with E-state index in [1.54, 1.807) is 0 Å². The van der Waals surface area contributed by atoms with Crippen LogP contribution in [-0.2, 0) is 4.79 Å². The van der Waals surface area contributed by atoms with Gasteiger partial charge in [-0.15, -0.1) is 0 Å². The summed E-state index contributed by atoms with van der Waals surface area (Å²) in [5, 5.41) is 5.40. The van der Waals surface area contributed by atoms with Crippen molar-refractivity contribution in [1.29, 1.82) is 0 Å².